The molecule has 1 saturated heterocycles. The molecule has 0 radical (unpaired) electrons. The molecular formula is C32H29BBrF2N3O6. The first-order valence-corrected chi connectivity index (χ1v) is 14.8. The number of amides is 2. The minimum Gasteiger partial charge on any atom is -0.399 e. The fourth-order valence-electron chi connectivity index (χ4n) is 5.10. The summed E-state index contributed by atoms with van der Waals surface area (Å²) in [6.07, 6.45) is 0. The number of hydrogen-bond acceptors (Lipinski definition) is 7. The Bertz CT molecular complexity index is 1910. The van der Waals surface area contributed by atoms with Crippen molar-refractivity contribution in [2.75, 3.05) is 0 Å². The predicted molar refractivity (Wildman–Crippen MR) is 168 cm³/mol. The molecule has 45 heavy (non-hydrogen) atoms. The van der Waals surface area contributed by atoms with E-state index in [4.69, 9.17) is 9.31 Å². The van der Waals surface area contributed by atoms with Crippen molar-refractivity contribution in [3.8, 4) is 0 Å². The summed E-state index contributed by atoms with van der Waals surface area (Å²) in [6, 6.07) is 12.2. The number of aromatic nitrogens is 2. The Hall–Kier alpha value is -4.07. The molecule has 3 aromatic carbocycles. The Balaban J connectivity index is 0.000000282. The number of carbonyl (C=O) groups excluding carboxylic acids is 3. The maximum absolute atomic E-state index is 15.1. The highest BCUT2D eigenvalue weighted by Gasteiger charge is 2.52. The van der Waals surface area contributed by atoms with Crippen LogP contribution in [0.5, 0.6) is 0 Å². The summed E-state index contributed by atoms with van der Waals surface area (Å²) in [5.74, 6) is -2.19. The van der Waals surface area contributed by atoms with Crippen molar-refractivity contribution in [3.63, 3.8) is 0 Å². The van der Waals surface area contributed by atoms with Crippen LogP contribution < -0.4 is 11.0 Å². The lowest BCUT2D eigenvalue weighted by Crippen LogP contribution is -2.41. The van der Waals surface area contributed by atoms with Crippen LogP contribution in [0.4, 0.5) is 8.78 Å². The molecule has 0 saturated carbocycles. The average molecular weight is 680 g/mol. The van der Waals surface area contributed by atoms with E-state index >= 15 is 4.39 Å². The van der Waals surface area contributed by atoms with Crippen LogP contribution in [-0.4, -0.2) is 51.0 Å². The van der Waals surface area contributed by atoms with Gasteiger partial charge in [-0.15, -0.1) is 0 Å². The van der Waals surface area contributed by atoms with Gasteiger partial charge in [-0.2, -0.15) is 5.10 Å². The first kappa shape index (κ1) is 32.3. The van der Waals surface area contributed by atoms with E-state index in [0.717, 1.165) is 4.90 Å². The molecule has 0 bridgehead atoms. The van der Waals surface area contributed by atoms with Crippen molar-refractivity contribution in [2.24, 2.45) is 0 Å². The van der Waals surface area contributed by atoms with Crippen molar-refractivity contribution in [1.29, 1.82) is 0 Å². The summed E-state index contributed by atoms with van der Waals surface area (Å²) in [6.45, 7) is 10.3. The monoisotopic (exact) mass is 679 g/mol. The van der Waals surface area contributed by atoms with Crippen LogP contribution in [0.15, 0.2) is 57.8 Å². The standard InChI is InChI=1S/C23H21BFN3O5.C9H8BrFO/c1-22(2)23(3,4)33-24(32-22)12-9-15-17(26-27-19(29)18(15)16(25)10-12)11-28-20(30)13-7-5-6-8-14(13)21(28)31;1-5-8(6(2)12)3-7(10)4-9(5)11/h5-10H,11H2,1-4H3,(H,27,29);3-4H,1-2H3. The molecule has 4 aromatic rings. The molecule has 232 valence electrons. The van der Waals surface area contributed by atoms with Crippen LogP contribution >= 0.6 is 15.9 Å². The van der Waals surface area contributed by atoms with E-state index in [9.17, 15) is 23.6 Å². The first-order valence-electron chi connectivity index (χ1n) is 14.0. The van der Waals surface area contributed by atoms with Gasteiger partial charge in [0.25, 0.3) is 17.4 Å². The normalized spacial score (nSPS) is 16.6. The smallest absolute Gasteiger partial charge is 0.399 e. The van der Waals surface area contributed by atoms with Gasteiger partial charge in [-0.05, 0) is 82.9 Å². The highest BCUT2D eigenvalue weighted by atomic mass is 79.9. The largest absolute Gasteiger partial charge is 0.494 e. The molecule has 9 nitrogen and oxygen atoms in total. The zero-order valence-corrected chi connectivity index (χ0v) is 27.0. The Labute approximate surface area is 266 Å². The number of benzene rings is 3. The average Bonchev–Trinajstić information content (AvgIpc) is 3.34. The first-order chi connectivity index (χ1) is 21.0. The fourth-order valence-corrected chi connectivity index (χ4v) is 5.53. The van der Waals surface area contributed by atoms with Gasteiger partial charge in [-0.1, -0.05) is 34.1 Å². The van der Waals surface area contributed by atoms with Gasteiger partial charge in [0.15, 0.2) is 5.78 Å². The summed E-state index contributed by atoms with van der Waals surface area (Å²) >= 11 is 3.12. The van der Waals surface area contributed by atoms with Crippen molar-refractivity contribution >= 4 is 56.9 Å². The molecule has 2 aliphatic rings. The van der Waals surface area contributed by atoms with E-state index in [0.29, 0.717) is 32.2 Å². The van der Waals surface area contributed by atoms with Crippen molar-refractivity contribution in [1.82, 2.24) is 15.1 Å². The third kappa shape index (κ3) is 5.87. The van der Waals surface area contributed by atoms with Crippen molar-refractivity contribution in [2.45, 2.75) is 59.3 Å². The Morgan fingerprint density at radius 3 is 2.09 bits per heavy atom. The molecule has 1 fully saturated rings. The molecule has 3 heterocycles. The van der Waals surface area contributed by atoms with Gasteiger partial charge in [0.1, 0.15) is 11.6 Å². The second kappa shape index (κ2) is 11.7. The lowest BCUT2D eigenvalue weighted by molar-refractivity contribution is 0.00578. The molecule has 2 aliphatic heterocycles. The molecule has 13 heteroatoms. The SMILES string of the molecule is CC(=O)c1cc(Br)cc(F)c1C.CC1(C)OB(c2cc(F)c3c(=O)[nH]nc(CN4C(=O)c5ccccc5C4=O)c3c2)OC1(C)C. The van der Waals surface area contributed by atoms with Crippen LogP contribution in [0, 0.1) is 18.6 Å². The minimum atomic E-state index is -0.861. The predicted octanol–water partition coefficient (Wildman–Crippen LogP) is 5.26. The number of fused-ring (bicyclic) bond motifs is 2. The summed E-state index contributed by atoms with van der Waals surface area (Å²) < 4.78 is 40.8. The van der Waals surface area contributed by atoms with Crippen LogP contribution in [-0.2, 0) is 15.9 Å². The highest BCUT2D eigenvalue weighted by molar-refractivity contribution is 9.10. The van der Waals surface area contributed by atoms with E-state index in [1.807, 2.05) is 27.7 Å². The molecular weight excluding hydrogens is 651 g/mol. The maximum atomic E-state index is 15.1. The van der Waals surface area contributed by atoms with Gasteiger partial charge < -0.3 is 9.31 Å². The number of aromatic amines is 1. The van der Waals surface area contributed by atoms with Gasteiger partial charge in [0.2, 0.25) is 0 Å². The van der Waals surface area contributed by atoms with Crippen LogP contribution in [0.3, 0.4) is 0 Å². The molecule has 0 aliphatic carbocycles. The topological polar surface area (TPSA) is 119 Å². The zero-order valence-electron chi connectivity index (χ0n) is 25.4. The lowest BCUT2D eigenvalue weighted by Gasteiger charge is -2.32. The zero-order chi connectivity index (χ0) is 33.0. The van der Waals surface area contributed by atoms with E-state index in [2.05, 4.69) is 26.1 Å². The number of nitrogens with one attached hydrogen (secondary N) is 1. The molecule has 6 rings (SSSR count). The van der Waals surface area contributed by atoms with E-state index < -0.39 is 41.5 Å². The Morgan fingerprint density at radius 2 is 1.53 bits per heavy atom. The minimum absolute atomic E-state index is 0.118. The number of Topliss-reactive ketones (excluding diaryl/α,β-unsaturated/α-hetero) is 1. The lowest BCUT2D eigenvalue weighted by atomic mass is 9.78. The van der Waals surface area contributed by atoms with Crippen LogP contribution in [0.25, 0.3) is 10.8 Å². The van der Waals surface area contributed by atoms with Crippen molar-refractivity contribution in [3.05, 3.63) is 103 Å². The highest BCUT2D eigenvalue weighted by Crippen LogP contribution is 2.37. The van der Waals surface area contributed by atoms with E-state index in [1.165, 1.54) is 19.1 Å². The van der Waals surface area contributed by atoms with Gasteiger partial charge in [0.05, 0.1) is 40.0 Å². The summed E-state index contributed by atoms with van der Waals surface area (Å²) in [5, 5.41) is 6.27. The number of imide groups is 1. The number of rotatable bonds is 4. The van der Waals surface area contributed by atoms with Gasteiger partial charge >= 0.3 is 7.12 Å². The fraction of sp³-hybridized carbons (Fsp3) is 0.281. The molecule has 0 spiro atoms. The van der Waals surface area contributed by atoms with Gasteiger partial charge in [0, 0.05) is 15.4 Å². The van der Waals surface area contributed by atoms with Crippen LogP contribution in [0.2, 0.25) is 0 Å². The Morgan fingerprint density at radius 1 is 0.956 bits per heavy atom. The second-order valence-electron chi connectivity index (χ2n) is 11.9. The third-order valence-electron chi connectivity index (χ3n) is 8.34. The summed E-state index contributed by atoms with van der Waals surface area (Å²) in [4.78, 5) is 50.0. The molecule has 1 aromatic heterocycles. The Kier molecular flexibility index (Phi) is 8.41. The van der Waals surface area contributed by atoms with Gasteiger partial charge in [-0.25, -0.2) is 13.9 Å². The molecule has 0 atom stereocenters. The number of halogens is 3. The molecule has 2 amide bonds. The van der Waals surface area contributed by atoms with Crippen molar-refractivity contribution < 1.29 is 32.5 Å². The summed E-state index contributed by atoms with van der Waals surface area (Å²) in [7, 11) is -0.861. The molecule has 0 unspecified atom stereocenters. The quantitative estimate of drug-likeness (QED) is 0.178. The number of ketones is 1. The van der Waals surface area contributed by atoms with E-state index in [1.54, 1.807) is 43.3 Å². The molecule has 1 N–H and O–H groups in total. The maximum Gasteiger partial charge on any atom is 0.494 e. The third-order valence-corrected chi connectivity index (χ3v) is 8.80. The number of H-pyrrole nitrogens is 1. The van der Waals surface area contributed by atoms with Crippen LogP contribution in [0.1, 0.15) is 77.0 Å². The summed E-state index contributed by atoms with van der Waals surface area (Å²) in [5.41, 5.74) is -0.0230. The number of carbonyl (C=O) groups is 3. The van der Waals surface area contributed by atoms with Gasteiger partial charge in [-0.3, -0.25) is 24.1 Å². The second-order valence-corrected chi connectivity index (χ2v) is 12.8. The van der Waals surface area contributed by atoms with E-state index in [-0.39, 0.29) is 34.6 Å². The number of hydrogen-bond donors (Lipinski definition) is 1. The number of nitrogens with zero attached hydrogens (tertiary/aromatic N) is 2.